The van der Waals surface area contributed by atoms with Crippen molar-refractivity contribution < 1.29 is 29.3 Å². The van der Waals surface area contributed by atoms with E-state index >= 15 is 0 Å². The number of phenolic OH excluding ortho intramolecular Hbond substituents is 2. The Morgan fingerprint density at radius 2 is 1.47 bits per heavy atom. The molecule has 0 aliphatic rings. The summed E-state index contributed by atoms with van der Waals surface area (Å²) in [5, 5.41) is 30.9. The molecule has 2 aromatic carbocycles. The van der Waals surface area contributed by atoms with Crippen LogP contribution >= 0.6 is 0 Å². The molecule has 34 heavy (non-hydrogen) atoms. The van der Waals surface area contributed by atoms with Gasteiger partial charge in [-0.2, -0.15) is 0 Å². The molecular formula is C26H37NO7. The maximum absolute atomic E-state index is 11.6. The number of unbranched alkanes of at least 4 members (excludes halogenated alkanes) is 9. The van der Waals surface area contributed by atoms with Crippen molar-refractivity contribution in [3.05, 3.63) is 46.0 Å². The number of benzene rings is 2. The molecule has 2 aromatic rings. The normalized spacial score (nSPS) is 10.8. The molecule has 2 N–H and O–H groups in total. The van der Waals surface area contributed by atoms with Gasteiger partial charge in [0.1, 0.15) is 12.4 Å². The summed E-state index contributed by atoms with van der Waals surface area (Å²) >= 11 is 0. The summed E-state index contributed by atoms with van der Waals surface area (Å²) in [7, 11) is 1.48. The lowest BCUT2D eigenvalue weighted by molar-refractivity contribution is -0.385. The Balaban J connectivity index is 1.86. The first-order valence-corrected chi connectivity index (χ1v) is 12.1. The first-order valence-electron chi connectivity index (χ1n) is 12.1. The highest BCUT2D eigenvalue weighted by atomic mass is 16.6. The fraction of sp³-hybridized carbons (Fsp3) is 0.538. The number of nitrogens with zero attached hydrogens (tertiary/aromatic N) is 1. The van der Waals surface area contributed by atoms with Crippen molar-refractivity contribution >= 4 is 5.69 Å². The van der Waals surface area contributed by atoms with E-state index in [1.54, 1.807) is 0 Å². The zero-order valence-corrected chi connectivity index (χ0v) is 20.3. The van der Waals surface area contributed by atoms with Crippen LogP contribution in [-0.2, 0) is 6.61 Å². The number of nitro benzene ring substituents is 1. The highest BCUT2D eigenvalue weighted by molar-refractivity contribution is 5.54. The Morgan fingerprint density at radius 3 is 2.06 bits per heavy atom. The molecule has 0 aliphatic heterocycles. The largest absolute Gasteiger partial charge is 0.508 e. The molecule has 8 heteroatoms. The lowest BCUT2D eigenvalue weighted by Gasteiger charge is -2.14. The summed E-state index contributed by atoms with van der Waals surface area (Å²) in [6.07, 6.45) is 12.2. The number of methoxy groups -OCH3 is 1. The van der Waals surface area contributed by atoms with E-state index in [-0.39, 0.29) is 35.1 Å². The maximum atomic E-state index is 11.6. The van der Waals surface area contributed by atoms with E-state index in [2.05, 4.69) is 6.92 Å². The molecule has 0 aliphatic carbocycles. The molecule has 188 valence electrons. The van der Waals surface area contributed by atoms with Gasteiger partial charge in [0.15, 0.2) is 23.0 Å². The van der Waals surface area contributed by atoms with Crippen molar-refractivity contribution in [1.29, 1.82) is 0 Å². The number of aromatic hydroxyl groups is 2. The molecule has 0 saturated carbocycles. The molecule has 0 unspecified atom stereocenters. The SMILES string of the molecule is CCCCCCCCCCCCOc1cc([N+](=O)[O-])c(COc2ccc(O)cc2O)cc1OC. The number of nitro groups is 1. The Hall–Kier alpha value is -3.16. The summed E-state index contributed by atoms with van der Waals surface area (Å²) in [5.41, 5.74) is 0.123. The molecule has 0 radical (unpaired) electrons. The van der Waals surface area contributed by atoms with Crippen LogP contribution in [0.2, 0.25) is 0 Å². The van der Waals surface area contributed by atoms with Gasteiger partial charge in [0.25, 0.3) is 5.69 Å². The zero-order valence-electron chi connectivity index (χ0n) is 20.3. The van der Waals surface area contributed by atoms with Gasteiger partial charge < -0.3 is 24.4 Å². The van der Waals surface area contributed by atoms with Crippen LogP contribution in [0.4, 0.5) is 5.69 Å². The van der Waals surface area contributed by atoms with E-state index in [0.717, 1.165) is 25.3 Å². The van der Waals surface area contributed by atoms with E-state index in [4.69, 9.17) is 14.2 Å². The molecule has 0 heterocycles. The van der Waals surface area contributed by atoms with Gasteiger partial charge in [-0.15, -0.1) is 0 Å². The predicted octanol–water partition coefficient (Wildman–Crippen LogP) is 6.89. The van der Waals surface area contributed by atoms with Crippen molar-refractivity contribution in [2.75, 3.05) is 13.7 Å². The average molecular weight is 476 g/mol. The highest BCUT2D eigenvalue weighted by Crippen LogP contribution is 2.36. The van der Waals surface area contributed by atoms with Gasteiger partial charge in [0.2, 0.25) is 0 Å². The number of hydrogen-bond acceptors (Lipinski definition) is 7. The summed E-state index contributed by atoms with van der Waals surface area (Å²) in [6, 6.07) is 6.75. The Bertz CT molecular complexity index is 901. The van der Waals surface area contributed by atoms with Gasteiger partial charge in [-0.25, -0.2) is 0 Å². The second-order valence-electron chi connectivity index (χ2n) is 8.36. The number of rotatable bonds is 17. The minimum absolute atomic E-state index is 0.104. The first-order chi connectivity index (χ1) is 16.5. The van der Waals surface area contributed by atoms with Gasteiger partial charge in [-0.1, -0.05) is 64.7 Å². The van der Waals surface area contributed by atoms with Crippen molar-refractivity contribution in [3.63, 3.8) is 0 Å². The molecule has 8 nitrogen and oxygen atoms in total. The third-order valence-corrected chi connectivity index (χ3v) is 5.64. The second kappa shape index (κ2) is 14.9. The molecule has 2 rings (SSSR count). The molecule has 0 spiro atoms. The number of ether oxygens (including phenoxy) is 3. The van der Waals surface area contributed by atoms with Crippen LogP contribution in [0, 0.1) is 10.1 Å². The van der Waals surface area contributed by atoms with E-state index in [1.165, 1.54) is 76.3 Å². The van der Waals surface area contributed by atoms with Crippen LogP contribution in [-0.4, -0.2) is 28.9 Å². The molecular weight excluding hydrogens is 438 g/mol. The van der Waals surface area contributed by atoms with Gasteiger partial charge in [0.05, 0.1) is 30.3 Å². The number of hydrogen-bond donors (Lipinski definition) is 2. The summed E-state index contributed by atoms with van der Waals surface area (Å²) in [4.78, 5) is 11.1. The van der Waals surface area contributed by atoms with Crippen LogP contribution in [0.15, 0.2) is 30.3 Å². The Morgan fingerprint density at radius 1 is 0.824 bits per heavy atom. The highest BCUT2D eigenvalue weighted by Gasteiger charge is 2.21. The first kappa shape index (κ1) is 27.1. The quantitative estimate of drug-likeness (QED) is 0.145. The van der Waals surface area contributed by atoms with Gasteiger partial charge >= 0.3 is 0 Å². The van der Waals surface area contributed by atoms with Crippen molar-refractivity contribution in [2.45, 2.75) is 77.7 Å². The maximum Gasteiger partial charge on any atom is 0.280 e. The Kier molecular flexibility index (Phi) is 11.9. The standard InChI is InChI=1S/C26H37NO7/c1-3-4-5-6-7-8-9-10-11-12-15-33-26-18-22(27(30)31)20(16-25(26)32-2)19-34-24-14-13-21(28)17-23(24)29/h13-14,16-18,28-29H,3-12,15,19H2,1-2H3. The molecule has 0 aromatic heterocycles. The van der Waals surface area contributed by atoms with Crippen LogP contribution in [0.5, 0.6) is 28.7 Å². The molecule has 0 bridgehead atoms. The van der Waals surface area contributed by atoms with E-state index < -0.39 is 4.92 Å². The minimum Gasteiger partial charge on any atom is -0.508 e. The van der Waals surface area contributed by atoms with E-state index in [1.807, 2.05) is 0 Å². The topological polar surface area (TPSA) is 111 Å². The number of phenols is 2. The molecule has 0 amide bonds. The minimum atomic E-state index is -0.498. The Labute approximate surface area is 201 Å². The van der Waals surface area contributed by atoms with Crippen molar-refractivity contribution in [2.24, 2.45) is 0 Å². The molecule has 0 saturated heterocycles. The van der Waals surface area contributed by atoms with Crippen LogP contribution in [0.3, 0.4) is 0 Å². The van der Waals surface area contributed by atoms with Crippen LogP contribution < -0.4 is 14.2 Å². The smallest absolute Gasteiger partial charge is 0.280 e. The van der Waals surface area contributed by atoms with E-state index in [0.29, 0.717) is 18.1 Å². The average Bonchev–Trinajstić information content (AvgIpc) is 2.81. The third kappa shape index (κ3) is 9.00. The van der Waals surface area contributed by atoms with Crippen molar-refractivity contribution in [1.82, 2.24) is 0 Å². The summed E-state index contributed by atoms with van der Waals surface area (Å²) in [5.74, 6) is 0.437. The lowest BCUT2D eigenvalue weighted by Crippen LogP contribution is -2.05. The second-order valence-corrected chi connectivity index (χ2v) is 8.36. The fourth-order valence-electron chi connectivity index (χ4n) is 3.70. The monoisotopic (exact) mass is 475 g/mol. The molecule has 0 atom stereocenters. The van der Waals surface area contributed by atoms with Gasteiger partial charge in [-0.05, 0) is 24.6 Å². The fourth-order valence-corrected chi connectivity index (χ4v) is 3.70. The van der Waals surface area contributed by atoms with Crippen molar-refractivity contribution in [3.8, 4) is 28.7 Å². The molecule has 0 fully saturated rings. The van der Waals surface area contributed by atoms with Gasteiger partial charge in [-0.3, -0.25) is 10.1 Å². The third-order valence-electron chi connectivity index (χ3n) is 5.64. The summed E-state index contributed by atoms with van der Waals surface area (Å²) in [6.45, 7) is 2.52. The summed E-state index contributed by atoms with van der Waals surface area (Å²) < 4.78 is 16.7. The zero-order chi connectivity index (χ0) is 24.8. The van der Waals surface area contributed by atoms with Crippen LogP contribution in [0.25, 0.3) is 0 Å². The predicted molar refractivity (Wildman–Crippen MR) is 131 cm³/mol. The van der Waals surface area contributed by atoms with E-state index in [9.17, 15) is 20.3 Å². The lowest BCUT2D eigenvalue weighted by atomic mass is 10.1. The van der Waals surface area contributed by atoms with Gasteiger partial charge in [0, 0.05) is 6.07 Å². The van der Waals surface area contributed by atoms with Crippen LogP contribution in [0.1, 0.15) is 76.7 Å².